The Balaban J connectivity index is 1.72. The van der Waals surface area contributed by atoms with Gasteiger partial charge in [0.15, 0.2) is 5.13 Å². The van der Waals surface area contributed by atoms with Gasteiger partial charge in [-0.15, -0.1) is 11.3 Å². The number of nitrogens with two attached hydrogens (primary N) is 1. The zero-order valence-electron chi connectivity index (χ0n) is 16.0. The summed E-state index contributed by atoms with van der Waals surface area (Å²) < 4.78 is 18.3. The number of anilines is 3. The molecule has 0 atom stereocenters. The van der Waals surface area contributed by atoms with Crippen LogP contribution in [0, 0.1) is 5.82 Å². The van der Waals surface area contributed by atoms with E-state index in [2.05, 4.69) is 11.9 Å². The molecule has 0 fully saturated rings. The Labute approximate surface area is 171 Å². The van der Waals surface area contributed by atoms with Gasteiger partial charge in [-0.25, -0.2) is 14.2 Å². The maximum atomic E-state index is 13.1. The topological polar surface area (TPSA) is 85.5 Å². The average Bonchev–Trinajstić information content (AvgIpc) is 3.15. The van der Waals surface area contributed by atoms with E-state index >= 15 is 0 Å². The van der Waals surface area contributed by atoms with E-state index in [0.717, 1.165) is 18.6 Å². The molecule has 0 radical (unpaired) electrons. The minimum atomic E-state index is -0.671. The number of thiazole rings is 1. The Hall–Kier alpha value is -3.26. The molecule has 0 aliphatic rings. The molecule has 0 aliphatic heterocycles. The molecule has 0 unspecified atom stereocenters. The monoisotopic (exact) mass is 413 g/mol. The Kier molecular flexibility index (Phi) is 6.23. The molecule has 0 aliphatic carbocycles. The normalized spacial score (nSPS) is 10.6. The van der Waals surface area contributed by atoms with Crippen molar-refractivity contribution in [1.29, 1.82) is 0 Å². The Bertz CT molecular complexity index is 1030. The minimum Gasteiger partial charge on any atom is -0.455 e. The van der Waals surface area contributed by atoms with Gasteiger partial charge in [0.05, 0.1) is 16.9 Å². The Morgan fingerprint density at radius 1 is 1.21 bits per heavy atom. The molecule has 0 bridgehead atoms. The second kappa shape index (κ2) is 8.83. The van der Waals surface area contributed by atoms with E-state index in [1.807, 2.05) is 24.3 Å². The van der Waals surface area contributed by atoms with Crippen molar-refractivity contribution in [2.45, 2.75) is 26.9 Å². The lowest BCUT2D eigenvalue weighted by Gasteiger charge is -2.18. The van der Waals surface area contributed by atoms with Gasteiger partial charge in [-0.2, -0.15) is 0 Å². The Morgan fingerprint density at radius 3 is 2.55 bits per heavy atom. The SMILES string of the molecule is CCc1ccc(N(C(C)=O)c2nc(COC(=O)c3ccc(F)cc3N)cs2)cc1. The number of hydrogen-bond donors (Lipinski definition) is 1. The molecule has 150 valence electrons. The van der Waals surface area contributed by atoms with E-state index in [1.54, 1.807) is 5.38 Å². The van der Waals surface area contributed by atoms with Gasteiger partial charge in [-0.1, -0.05) is 19.1 Å². The van der Waals surface area contributed by atoms with E-state index in [4.69, 9.17) is 10.5 Å². The third-order valence-corrected chi connectivity index (χ3v) is 5.11. The van der Waals surface area contributed by atoms with Gasteiger partial charge >= 0.3 is 5.97 Å². The Morgan fingerprint density at radius 2 is 1.93 bits per heavy atom. The lowest BCUT2D eigenvalue weighted by atomic mass is 10.1. The van der Waals surface area contributed by atoms with E-state index in [0.29, 0.717) is 16.5 Å². The van der Waals surface area contributed by atoms with Crippen LogP contribution >= 0.6 is 11.3 Å². The fourth-order valence-electron chi connectivity index (χ4n) is 2.71. The number of aryl methyl sites for hydroxylation is 1. The first-order valence-corrected chi connectivity index (χ1v) is 9.83. The van der Waals surface area contributed by atoms with Crippen molar-refractivity contribution >= 4 is 39.7 Å². The van der Waals surface area contributed by atoms with Crippen molar-refractivity contribution < 1.29 is 18.7 Å². The largest absolute Gasteiger partial charge is 0.455 e. The highest BCUT2D eigenvalue weighted by atomic mass is 32.1. The third kappa shape index (κ3) is 4.78. The highest BCUT2D eigenvalue weighted by molar-refractivity contribution is 7.14. The van der Waals surface area contributed by atoms with Crippen molar-refractivity contribution in [2.75, 3.05) is 10.6 Å². The molecule has 29 heavy (non-hydrogen) atoms. The number of nitrogens with zero attached hydrogens (tertiary/aromatic N) is 2. The molecule has 6 nitrogen and oxygen atoms in total. The van der Waals surface area contributed by atoms with Crippen molar-refractivity contribution in [3.05, 3.63) is 70.5 Å². The van der Waals surface area contributed by atoms with Crippen molar-refractivity contribution in [3.63, 3.8) is 0 Å². The predicted octanol–water partition coefficient (Wildman–Crippen LogP) is 4.47. The summed E-state index contributed by atoms with van der Waals surface area (Å²) in [5.41, 5.74) is 8.13. The molecule has 3 aromatic rings. The molecular formula is C21H20FN3O3S. The molecular weight excluding hydrogens is 393 g/mol. The summed E-state index contributed by atoms with van der Waals surface area (Å²) in [5, 5.41) is 2.20. The first-order valence-electron chi connectivity index (χ1n) is 8.95. The van der Waals surface area contributed by atoms with Crippen molar-refractivity contribution in [1.82, 2.24) is 4.98 Å². The molecule has 3 rings (SSSR count). The molecule has 1 heterocycles. The van der Waals surface area contributed by atoms with Crippen LogP contribution < -0.4 is 10.6 Å². The molecule has 0 saturated heterocycles. The third-order valence-electron chi connectivity index (χ3n) is 4.23. The lowest BCUT2D eigenvalue weighted by molar-refractivity contribution is -0.115. The van der Waals surface area contributed by atoms with Crippen LogP contribution in [0.3, 0.4) is 0 Å². The van der Waals surface area contributed by atoms with E-state index in [9.17, 15) is 14.0 Å². The molecule has 2 N–H and O–H groups in total. The van der Waals surface area contributed by atoms with Crippen LogP contribution in [-0.2, 0) is 22.6 Å². The van der Waals surface area contributed by atoms with Gasteiger partial charge in [0.25, 0.3) is 0 Å². The van der Waals surface area contributed by atoms with Crippen LogP contribution in [0.25, 0.3) is 0 Å². The summed E-state index contributed by atoms with van der Waals surface area (Å²) in [4.78, 5) is 30.3. The van der Waals surface area contributed by atoms with E-state index in [1.165, 1.54) is 34.8 Å². The van der Waals surface area contributed by atoms with Crippen LogP contribution in [0.15, 0.2) is 47.8 Å². The molecule has 1 amide bonds. The van der Waals surface area contributed by atoms with Gasteiger partial charge in [0.1, 0.15) is 12.4 Å². The summed E-state index contributed by atoms with van der Waals surface area (Å²) in [6.45, 7) is 3.44. The first kappa shape index (κ1) is 20.5. The van der Waals surface area contributed by atoms with Gasteiger partial charge in [-0.05, 0) is 42.3 Å². The quantitative estimate of drug-likeness (QED) is 0.476. The van der Waals surface area contributed by atoms with Crippen LogP contribution in [-0.4, -0.2) is 16.9 Å². The smallest absolute Gasteiger partial charge is 0.340 e. The van der Waals surface area contributed by atoms with Crippen molar-refractivity contribution in [3.8, 4) is 0 Å². The minimum absolute atomic E-state index is 0.00671. The number of esters is 1. The second-order valence-electron chi connectivity index (χ2n) is 6.30. The first-order chi connectivity index (χ1) is 13.9. The fraction of sp³-hybridized carbons (Fsp3) is 0.190. The van der Waals surface area contributed by atoms with Crippen molar-refractivity contribution in [2.24, 2.45) is 0 Å². The average molecular weight is 413 g/mol. The molecule has 2 aromatic carbocycles. The molecule has 0 saturated carbocycles. The number of carbonyl (C=O) groups excluding carboxylic acids is 2. The van der Waals surface area contributed by atoms with Crippen LogP contribution in [0.2, 0.25) is 0 Å². The number of hydrogen-bond acceptors (Lipinski definition) is 6. The van der Waals surface area contributed by atoms with E-state index < -0.39 is 11.8 Å². The number of aromatic nitrogens is 1. The summed E-state index contributed by atoms with van der Waals surface area (Å²) in [5.74, 6) is -1.37. The maximum absolute atomic E-state index is 13.1. The van der Waals surface area contributed by atoms with Crippen LogP contribution in [0.5, 0.6) is 0 Å². The van der Waals surface area contributed by atoms with Gasteiger partial charge < -0.3 is 10.5 Å². The number of halogens is 1. The number of benzene rings is 2. The van der Waals surface area contributed by atoms with Gasteiger partial charge in [-0.3, -0.25) is 9.69 Å². The maximum Gasteiger partial charge on any atom is 0.340 e. The zero-order chi connectivity index (χ0) is 21.0. The summed E-state index contributed by atoms with van der Waals surface area (Å²) in [6, 6.07) is 11.2. The molecule has 1 aromatic heterocycles. The number of amides is 1. The zero-order valence-corrected chi connectivity index (χ0v) is 16.8. The predicted molar refractivity (Wildman–Crippen MR) is 111 cm³/mol. The van der Waals surface area contributed by atoms with E-state index in [-0.39, 0.29) is 23.8 Å². The van der Waals surface area contributed by atoms with Gasteiger partial charge in [0, 0.05) is 18.0 Å². The molecule has 0 spiro atoms. The highest BCUT2D eigenvalue weighted by Gasteiger charge is 2.19. The second-order valence-corrected chi connectivity index (χ2v) is 7.14. The van der Waals surface area contributed by atoms with Gasteiger partial charge in [0.2, 0.25) is 5.91 Å². The van der Waals surface area contributed by atoms with Crippen LogP contribution in [0.4, 0.5) is 20.9 Å². The lowest BCUT2D eigenvalue weighted by Crippen LogP contribution is -2.22. The summed E-state index contributed by atoms with van der Waals surface area (Å²) >= 11 is 1.27. The van der Waals surface area contributed by atoms with Crippen LogP contribution in [0.1, 0.15) is 35.5 Å². The highest BCUT2D eigenvalue weighted by Crippen LogP contribution is 2.29. The number of rotatable bonds is 6. The number of ether oxygens (including phenoxy) is 1. The standard InChI is InChI=1S/C21H20FN3O3S/c1-3-14-4-7-17(8-5-14)25(13(2)26)21-24-16(12-29-21)11-28-20(27)18-9-6-15(22)10-19(18)23/h4-10,12H,3,11,23H2,1-2H3. The number of nitrogen functional groups attached to an aromatic ring is 1. The summed E-state index contributed by atoms with van der Waals surface area (Å²) in [7, 11) is 0. The fourth-order valence-corrected chi connectivity index (χ4v) is 3.58. The number of carbonyl (C=O) groups is 2. The molecule has 8 heteroatoms. The summed E-state index contributed by atoms with van der Waals surface area (Å²) in [6.07, 6.45) is 0.908.